The van der Waals surface area contributed by atoms with Crippen LogP contribution < -0.4 is 0 Å². The van der Waals surface area contributed by atoms with Crippen molar-refractivity contribution >= 4 is 0 Å². The fourth-order valence-corrected chi connectivity index (χ4v) is 0.313. The molecule has 1 aromatic rings. The SMILES string of the molecule is [O]=[Fe].c1ccncc1. The average Bonchev–Trinajstić information content (AvgIpc) is 1.96. The van der Waals surface area contributed by atoms with E-state index in [4.69, 9.17) is 3.83 Å². The van der Waals surface area contributed by atoms with Gasteiger partial charge in [-0.1, -0.05) is 6.07 Å². The molecule has 0 aromatic carbocycles. The largest absolute Gasteiger partial charge is 0.265 e. The molecule has 0 N–H and O–H groups in total. The monoisotopic (exact) mass is 151 g/mol. The van der Waals surface area contributed by atoms with E-state index < -0.39 is 0 Å². The standard InChI is InChI=1S/C5H5N.Fe.O/c1-2-4-6-5-3-1;;/h1-5H;;. The van der Waals surface area contributed by atoms with Crippen LogP contribution in [0.2, 0.25) is 0 Å². The Balaban J connectivity index is 0.000000222. The molecular formula is C5H5FeNO. The Kier molecular flexibility index (Phi) is 6.04. The summed E-state index contributed by atoms with van der Waals surface area (Å²) in [6.07, 6.45) is 3.50. The van der Waals surface area contributed by atoms with Gasteiger partial charge in [-0.15, -0.1) is 0 Å². The van der Waals surface area contributed by atoms with Crippen molar-refractivity contribution in [2.24, 2.45) is 0 Å². The van der Waals surface area contributed by atoms with Gasteiger partial charge in [0.1, 0.15) is 0 Å². The molecule has 0 aliphatic carbocycles. The number of nitrogens with zero attached hydrogens (tertiary/aromatic N) is 1. The third kappa shape index (κ3) is 3.65. The Hall–Kier alpha value is -0.531. The van der Waals surface area contributed by atoms with Crippen molar-refractivity contribution in [2.45, 2.75) is 0 Å². The maximum absolute atomic E-state index is 8.00. The Bertz CT molecular complexity index is 95.3. The third-order valence-electron chi connectivity index (χ3n) is 0.566. The van der Waals surface area contributed by atoms with Crippen molar-refractivity contribution in [3.05, 3.63) is 30.6 Å². The molecule has 0 saturated heterocycles. The number of rotatable bonds is 0. The van der Waals surface area contributed by atoms with Crippen LogP contribution >= 0.6 is 0 Å². The Morgan fingerprint density at radius 1 is 1.00 bits per heavy atom. The van der Waals surface area contributed by atoms with E-state index in [9.17, 15) is 0 Å². The third-order valence-corrected chi connectivity index (χ3v) is 0.566. The first-order valence-electron chi connectivity index (χ1n) is 1.99. The minimum atomic E-state index is 1.75. The number of pyridine rings is 1. The van der Waals surface area contributed by atoms with Gasteiger partial charge in [0.25, 0.3) is 0 Å². The van der Waals surface area contributed by atoms with Gasteiger partial charge in [0.15, 0.2) is 0 Å². The molecule has 0 saturated carbocycles. The molecule has 0 bridgehead atoms. The zero-order chi connectivity index (χ0) is 6.24. The fourth-order valence-electron chi connectivity index (χ4n) is 0.313. The molecule has 2 nitrogen and oxygen atoms in total. The zero-order valence-corrected chi connectivity index (χ0v) is 5.20. The number of hydrogen-bond donors (Lipinski definition) is 0. The van der Waals surface area contributed by atoms with Crippen molar-refractivity contribution in [3.8, 4) is 0 Å². The van der Waals surface area contributed by atoms with Crippen molar-refractivity contribution in [3.63, 3.8) is 0 Å². The first-order chi connectivity index (χ1) is 4.00. The molecule has 1 heterocycles. The maximum Gasteiger partial charge on any atom is 0.0267 e. The summed E-state index contributed by atoms with van der Waals surface area (Å²) in [6.45, 7) is 0. The summed E-state index contributed by atoms with van der Waals surface area (Å²) in [4.78, 5) is 3.78. The molecule has 8 heavy (non-hydrogen) atoms. The number of hydrogen-bond acceptors (Lipinski definition) is 2. The van der Waals surface area contributed by atoms with E-state index in [2.05, 4.69) is 4.98 Å². The van der Waals surface area contributed by atoms with Crippen LogP contribution in [0, 0.1) is 0 Å². The minimum absolute atomic E-state index is 1.75. The molecule has 0 unspecified atom stereocenters. The summed E-state index contributed by atoms with van der Waals surface area (Å²) in [5.74, 6) is 0. The fraction of sp³-hybridized carbons (Fsp3) is 0. The van der Waals surface area contributed by atoms with Gasteiger partial charge in [-0.2, -0.15) is 0 Å². The van der Waals surface area contributed by atoms with E-state index in [1.54, 1.807) is 12.4 Å². The Morgan fingerprint density at radius 2 is 1.50 bits per heavy atom. The number of aromatic nitrogens is 1. The van der Waals surface area contributed by atoms with E-state index in [1.807, 2.05) is 34.1 Å². The van der Waals surface area contributed by atoms with E-state index in [1.165, 1.54) is 0 Å². The van der Waals surface area contributed by atoms with Gasteiger partial charge in [0.2, 0.25) is 0 Å². The van der Waals surface area contributed by atoms with Gasteiger partial charge < -0.3 is 0 Å². The molecule has 1 aromatic heterocycles. The molecular weight excluding hydrogens is 146 g/mol. The summed E-state index contributed by atoms with van der Waals surface area (Å²) in [5.41, 5.74) is 0. The van der Waals surface area contributed by atoms with Gasteiger partial charge in [-0.3, -0.25) is 4.98 Å². The molecule has 0 aliphatic rings. The Morgan fingerprint density at radius 3 is 1.62 bits per heavy atom. The van der Waals surface area contributed by atoms with E-state index in [0.29, 0.717) is 0 Å². The van der Waals surface area contributed by atoms with E-state index >= 15 is 0 Å². The van der Waals surface area contributed by atoms with Crippen molar-refractivity contribution < 1.29 is 19.8 Å². The van der Waals surface area contributed by atoms with Gasteiger partial charge in [-0.05, 0) is 12.1 Å². The smallest absolute Gasteiger partial charge is 0.0267 e. The van der Waals surface area contributed by atoms with Gasteiger partial charge >= 0.3 is 19.8 Å². The van der Waals surface area contributed by atoms with Crippen LogP contribution in [0.15, 0.2) is 30.6 Å². The summed E-state index contributed by atoms with van der Waals surface area (Å²) >= 11 is 2.00. The first kappa shape index (κ1) is 7.47. The van der Waals surface area contributed by atoms with Crippen LogP contribution in [0.25, 0.3) is 0 Å². The second-order valence-electron chi connectivity index (χ2n) is 1.02. The van der Waals surface area contributed by atoms with Crippen LogP contribution in [-0.2, 0) is 19.8 Å². The molecule has 44 valence electrons. The molecule has 0 spiro atoms. The molecule has 0 radical (unpaired) electrons. The molecule has 0 aliphatic heterocycles. The molecule has 0 amide bonds. The Labute approximate surface area is 56.0 Å². The minimum Gasteiger partial charge on any atom is -0.265 e. The van der Waals surface area contributed by atoms with Crippen LogP contribution in [0.5, 0.6) is 0 Å². The predicted molar refractivity (Wildman–Crippen MR) is 24.9 cm³/mol. The summed E-state index contributed by atoms with van der Waals surface area (Å²) in [5, 5.41) is 0. The quantitative estimate of drug-likeness (QED) is 0.516. The maximum atomic E-state index is 8.00. The topological polar surface area (TPSA) is 30.0 Å². The normalized spacial score (nSPS) is 6.62. The second kappa shape index (κ2) is 6.47. The summed E-state index contributed by atoms with van der Waals surface area (Å²) in [7, 11) is 0. The van der Waals surface area contributed by atoms with Crippen molar-refractivity contribution in [1.29, 1.82) is 0 Å². The zero-order valence-electron chi connectivity index (χ0n) is 4.10. The van der Waals surface area contributed by atoms with Crippen molar-refractivity contribution in [1.82, 2.24) is 4.98 Å². The van der Waals surface area contributed by atoms with Crippen LogP contribution in [0.3, 0.4) is 0 Å². The average molecular weight is 151 g/mol. The second-order valence-corrected chi connectivity index (χ2v) is 1.02. The van der Waals surface area contributed by atoms with Crippen LogP contribution in [-0.4, -0.2) is 4.98 Å². The van der Waals surface area contributed by atoms with Crippen LogP contribution in [0.1, 0.15) is 0 Å². The molecule has 0 fully saturated rings. The first-order valence-corrected chi connectivity index (χ1v) is 2.44. The molecule has 3 heteroatoms. The molecule has 0 atom stereocenters. The van der Waals surface area contributed by atoms with E-state index in [-0.39, 0.29) is 0 Å². The van der Waals surface area contributed by atoms with Gasteiger partial charge in [0, 0.05) is 12.4 Å². The van der Waals surface area contributed by atoms with Crippen LogP contribution in [0.4, 0.5) is 0 Å². The summed E-state index contributed by atoms with van der Waals surface area (Å²) < 4.78 is 8.00. The predicted octanol–water partition coefficient (Wildman–Crippen LogP) is 0.960. The summed E-state index contributed by atoms with van der Waals surface area (Å²) in [6, 6.07) is 5.72. The van der Waals surface area contributed by atoms with Gasteiger partial charge in [0.05, 0.1) is 0 Å². The van der Waals surface area contributed by atoms with E-state index in [0.717, 1.165) is 0 Å². The molecule has 1 rings (SSSR count). The van der Waals surface area contributed by atoms with Gasteiger partial charge in [-0.25, -0.2) is 0 Å². The van der Waals surface area contributed by atoms with Crippen molar-refractivity contribution in [2.75, 3.05) is 0 Å².